The maximum absolute atomic E-state index is 12.7. The number of carbonyl (C=O) groups excluding carboxylic acids is 2. The first-order valence-corrected chi connectivity index (χ1v) is 8.51. The average Bonchev–Trinajstić information content (AvgIpc) is 2.84. The number of benzene rings is 2. The fourth-order valence-electron chi connectivity index (χ4n) is 3.12. The van der Waals surface area contributed by atoms with E-state index in [4.69, 9.17) is 4.74 Å². The summed E-state index contributed by atoms with van der Waals surface area (Å²) in [5.41, 5.74) is 0.525. The third-order valence-electron chi connectivity index (χ3n) is 4.79. The van der Waals surface area contributed by atoms with Gasteiger partial charge < -0.3 is 15.2 Å². The molecule has 0 spiro atoms. The normalized spacial score (nSPS) is 19.0. The molecule has 1 atom stereocenters. The molecule has 136 valence electrons. The molecule has 3 rings (SSSR count). The molecule has 0 saturated carbocycles. The van der Waals surface area contributed by atoms with Gasteiger partial charge in [0.2, 0.25) is 0 Å². The van der Waals surface area contributed by atoms with Crippen molar-refractivity contribution in [3.63, 3.8) is 0 Å². The first-order valence-electron chi connectivity index (χ1n) is 8.51. The molecule has 2 aromatic rings. The van der Waals surface area contributed by atoms with Crippen molar-refractivity contribution in [3.8, 4) is 5.75 Å². The second-order valence-electron chi connectivity index (χ2n) is 7.65. The third-order valence-corrected chi connectivity index (χ3v) is 4.79. The van der Waals surface area contributed by atoms with Crippen molar-refractivity contribution in [2.24, 2.45) is 0 Å². The molecular formula is C21H23NO4. The Balaban J connectivity index is 1.89. The van der Waals surface area contributed by atoms with Crippen molar-refractivity contribution in [1.82, 2.24) is 0 Å². The molecule has 1 aliphatic rings. The summed E-state index contributed by atoms with van der Waals surface area (Å²) in [7, 11) is 1.51. The Morgan fingerprint density at radius 3 is 2.38 bits per heavy atom. The van der Waals surface area contributed by atoms with Crippen LogP contribution in [0.5, 0.6) is 5.75 Å². The van der Waals surface area contributed by atoms with Crippen LogP contribution in [-0.4, -0.2) is 23.9 Å². The minimum Gasteiger partial charge on any atom is -0.497 e. The minimum atomic E-state index is -1.90. The van der Waals surface area contributed by atoms with Crippen LogP contribution in [0.3, 0.4) is 0 Å². The highest BCUT2D eigenvalue weighted by molar-refractivity contribution is 6.09. The number of Topliss-reactive ketones (excluding diaryl/α,β-unsaturated/α-hetero) is 1. The lowest BCUT2D eigenvalue weighted by Crippen LogP contribution is -2.36. The van der Waals surface area contributed by atoms with Crippen LogP contribution in [-0.2, 0) is 15.8 Å². The average molecular weight is 353 g/mol. The lowest BCUT2D eigenvalue weighted by molar-refractivity contribution is -0.133. The Hall–Kier alpha value is -2.66. The number of carbonyl (C=O) groups is 2. The minimum absolute atomic E-state index is 0.0133. The molecule has 0 fully saturated rings. The van der Waals surface area contributed by atoms with Crippen LogP contribution < -0.4 is 10.1 Å². The van der Waals surface area contributed by atoms with E-state index >= 15 is 0 Å². The van der Waals surface area contributed by atoms with E-state index in [1.807, 2.05) is 12.1 Å². The highest BCUT2D eigenvalue weighted by Gasteiger charge is 2.47. The van der Waals surface area contributed by atoms with E-state index in [1.165, 1.54) is 7.11 Å². The molecule has 1 heterocycles. The summed E-state index contributed by atoms with van der Waals surface area (Å²) in [6.45, 7) is 6.29. The molecular weight excluding hydrogens is 330 g/mol. The molecule has 0 aliphatic carbocycles. The second-order valence-corrected chi connectivity index (χ2v) is 7.65. The Morgan fingerprint density at radius 1 is 1.15 bits per heavy atom. The predicted molar refractivity (Wildman–Crippen MR) is 99.6 cm³/mol. The number of anilines is 1. The number of ketones is 1. The van der Waals surface area contributed by atoms with Crippen LogP contribution in [0.4, 0.5) is 5.69 Å². The summed E-state index contributed by atoms with van der Waals surface area (Å²) >= 11 is 0. The summed E-state index contributed by atoms with van der Waals surface area (Å²) in [5.74, 6) is -0.375. The number of hydrogen-bond acceptors (Lipinski definition) is 4. The molecule has 0 radical (unpaired) electrons. The molecule has 2 N–H and O–H groups in total. The van der Waals surface area contributed by atoms with Gasteiger partial charge in [-0.2, -0.15) is 0 Å². The number of hydrogen-bond donors (Lipinski definition) is 2. The zero-order valence-electron chi connectivity index (χ0n) is 15.4. The number of aliphatic hydroxyl groups is 1. The van der Waals surface area contributed by atoms with Gasteiger partial charge in [0, 0.05) is 16.8 Å². The van der Waals surface area contributed by atoms with E-state index in [1.54, 1.807) is 30.3 Å². The summed E-state index contributed by atoms with van der Waals surface area (Å²) in [5, 5.41) is 13.6. The van der Waals surface area contributed by atoms with Gasteiger partial charge >= 0.3 is 0 Å². The van der Waals surface area contributed by atoms with Crippen molar-refractivity contribution in [2.75, 3.05) is 12.4 Å². The maximum Gasteiger partial charge on any atom is 0.261 e. The molecule has 5 nitrogen and oxygen atoms in total. The number of amides is 1. The van der Waals surface area contributed by atoms with Crippen LogP contribution in [0.15, 0.2) is 42.5 Å². The quantitative estimate of drug-likeness (QED) is 0.826. The first kappa shape index (κ1) is 18.1. The Labute approximate surface area is 153 Å². The molecule has 1 aliphatic heterocycles. The van der Waals surface area contributed by atoms with E-state index < -0.39 is 11.5 Å². The van der Waals surface area contributed by atoms with Gasteiger partial charge in [0.25, 0.3) is 5.91 Å². The van der Waals surface area contributed by atoms with Gasteiger partial charge in [-0.15, -0.1) is 0 Å². The van der Waals surface area contributed by atoms with Gasteiger partial charge in [-0.1, -0.05) is 45.0 Å². The lowest BCUT2D eigenvalue weighted by atomic mass is 9.85. The number of rotatable bonds is 4. The molecule has 1 amide bonds. The van der Waals surface area contributed by atoms with Gasteiger partial charge in [-0.25, -0.2) is 0 Å². The Bertz CT molecular complexity index is 865. The van der Waals surface area contributed by atoms with E-state index in [0.29, 0.717) is 22.6 Å². The summed E-state index contributed by atoms with van der Waals surface area (Å²) in [6, 6.07) is 12.2. The summed E-state index contributed by atoms with van der Waals surface area (Å²) < 4.78 is 5.17. The zero-order valence-corrected chi connectivity index (χ0v) is 15.4. The Kier molecular flexibility index (Phi) is 4.36. The highest BCUT2D eigenvalue weighted by atomic mass is 16.5. The van der Waals surface area contributed by atoms with Crippen LogP contribution in [0.2, 0.25) is 0 Å². The third kappa shape index (κ3) is 3.10. The molecule has 5 heteroatoms. The van der Waals surface area contributed by atoms with Crippen molar-refractivity contribution in [1.29, 1.82) is 0 Å². The van der Waals surface area contributed by atoms with Gasteiger partial charge in [0.15, 0.2) is 11.4 Å². The molecule has 0 unspecified atom stereocenters. The van der Waals surface area contributed by atoms with Crippen molar-refractivity contribution < 1.29 is 19.4 Å². The van der Waals surface area contributed by atoms with Gasteiger partial charge in [-0.05, 0) is 29.2 Å². The monoisotopic (exact) mass is 353 g/mol. The second kappa shape index (κ2) is 6.25. The van der Waals surface area contributed by atoms with Crippen molar-refractivity contribution in [3.05, 3.63) is 59.2 Å². The molecule has 2 aromatic carbocycles. The first-order chi connectivity index (χ1) is 12.1. The van der Waals surface area contributed by atoms with E-state index in [2.05, 4.69) is 26.1 Å². The van der Waals surface area contributed by atoms with E-state index in [-0.39, 0.29) is 17.6 Å². The fraction of sp³-hybridized carbons (Fsp3) is 0.333. The number of methoxy groups -OCH3 is 1. The van der Waals surface area contributed by atoms with E-state index in [9.17, 15) is 14.7 Å². The summed E-state index contributed by atoms with van der Waals surface area (Å²) in [6.07, 6.45) is -0.326. The Morgan fingerprint density at radius 2 is 1.81 bits per heavy atom. The van der Waals surface area contributed by atoms with Crippen molar-refractivity contribution in [2.45, 2.75) is 38.2 Å². The summed E-state index contributed by atoms with van der Waals surface area (Å²) in [4.78, 5) is 25.1. The smallest absolute Gasteiger partial charge is 0.261 e. The van der Waals surface area contributed by atoms with Crippen LogP contribution in [0.1, 0.15) is 48.7 Å². The number of ether oxygens (including phenoxy) is 1. The van der Waals surface area contributed by atoms with Crippen molar-refractivity contribution >= 4 is 17.4 Å². The maximum atomic E-state index is 12.7. The molecule has 0 aromatic heterocycles. The van der Waals surface area contributed by atoms with E-state index in [0.717, 1.165) is 5.56 Å². The predicted octanol–water partition coefficient (Wildman–Crippen LogP) is 3.41. The van der Waals surface area contributed by atoms with Gasteiger partial charge in [-0.3, -0.25) is 9.59 Å². The SMILES string of the molecule is COc1ccc2c(c1)[C@@](O)(CC(=O)c1ccc(C(C)(C)C)cc1)C(=O)N2. The van der Waals surface area contributed by atoms with Crippen LogP contribution in [0.25, 0.3) is 0 Å². The molecule has 0 bridgehead atoms. The standard InChI is InChI=1S/C21H23NO4/c1-20(2,3)14-7-5-13(6-8-14)18(23)12-21(25)16-11-15(26-4)9-10-17(16)22-19(21)24/h5-11,25H,12H2,1-4H3,(H,22,24)/t21-/m0/s1. The topological polar surface area (TPSA) is 75.6 Å². The van der Waals surface area contributed by atoms with Gasteiger partial charge in [0.05, 0.1) is 13.5 Å². The lowest BCUT2D eigenvalue weighted by Gasteiger charge is -2.21. The largest absolute Gasteiger partial charge is 0.497 e. The number of nitrogens with one attached hydrogen (secondary N) is 1. The van der Waals surface area contributed by atoms with Crippen LogP contribution in [0, 0.1) is 0 Å². The van der Waals surface area contributed by atoms with Crippen LogP contribution >= 0.6 is 0 Å². The highest BCUT2D eigenvalue weighted by Crippen LogP contribution is 2.41. The molecule has 26 heavy (non-hydrogen) atoms. The van der Waals surface area contributed by atoms with Gasteiger partial charge in [0.1, 0.15) is 5.75 Å². The molecule has 0 saturated heterocycles. The number of fused-ring (bicyclic) bond motifs is 1. The zero-order chi connectivity index (χ0) is 19.1. The fourth-order valence-corrected chi connectivity index (χ4v) is 3.12.